The largest absolute Gasteiger partial charge is 0.377 e. The summed E-state index contributed by atoms with van der Waals surface area (Å²) in [4.78, 5) is 6.71. The third kappa shape index (κ3) is 4.02. The predicted molar refractivity (Wildman–Crippen MR) is 97.5 cm³/mol. The molecule has 0 atom stereocenters. The van der Waals surface area contributed by atoms with Gasteiger partial charge in [0.15, 0.2) is 5.82 Å². The van der Waals surface area contributed by atoms with E-state index in [1.807, 2.05) is 51.9 Å². The molecule has 1 aromatic carbocycles. The molecule has 1 heterocycles. The van der Waals surface area contributed by atoms with E-state index in [1.54, 1.807) is 0 Å². The van der Waals surface area contributed by atoms with Crippen molar-refractivity contribution in [2.45, 2.75) is 40.2 Å². The minimum absolute atomic E-state index is 0.419. The standard InChI is InChI=1S/C19H27N3O/c1-13-8-14(2)10-15(9-13)17-11-16(21(6)7)12-18(20-17)22(23)19(3,4)5/h8-12,23H,1-7H3. The molecule has 4 nitrogen and oxygen atoms in total. The SMILES string of the molecule is Cc1cc(C)cc(-c2cc(N(C)C)cc(N(O)C(C)(C)C)n2)c1. The lowest BCUT2D eigenvalue weighted by atomic mass is 10.0. The number of hydrogen-bond acceptors (Lipinski definition) is 4. The van der Waals surface area contributed by atoms with Crippen LogP contribution in [0.3, 0.4) is 0 Å². The van der Waals surface area contributed by atoms with Gasteiger partial charge in [-0.3, -0.25) is 5.21 Å². The van der Waals surface area contributed by atoms with Gasteiger partial charge in [0.2, 0.25) is 0 Å². The van der Waals surface area contributed by atoms with Crippen LogP contribution in [0.4, 0.5) is 11.5 Å². The summed E-state index contributed by atoms with van der Waals surface area (Å²) in [5, 5.41) is 11.7. The summed E-state index contributed by atoms with van der Waals surface area (Å²) >= 11 is 0. The highest BCUT2D eigenvalue weighted by molar-refractivity contribution is 5.69. The van der Waals surface area contributed by atoms with E-state index < -0.39 is 5.54 Å². The van der Waals surface area contributed by atoms with Crippen molar-refractivity contribution in [1.29, 1.82) is 0 Å². The van der Waals surface area contributed by atoms with Gasteiger partial charge in [0.25, 0.3) is 0 Å². The zero-order valence-electron chi connectivity index (χ0n) is 15.2. The molecule has 0 saturated carbocycles. The lowest BCUT2D eigenvalue weighted by Gasteiger charge is -2.31. The fourth-order valence-corrected chi connectivity index (χ4v) is 2.48. The molecule has 1 aromatic heterocycles. The highest BCUT2D eigenvalue weighted by atomic mass is 16.5. The smallest absolute Gasteiger partial charge is 0.155 e. The van der Waals surface area contributed by atoms with Crippen molar-refractivity contribution in [3.8, 4) is 11.3 Å². The summed E-state index contributed by atoms with van der Waals surface area (Å²) in [5.74, 6) is 0.554. The van der Waals surface area contributed by atoms with Crippen LogP contribution in [-0.4, -0.2) is 29.8 Å². The molecule has 0 amide bonds. The van der Waals surface area contributed by atoms with E-state index >= 15 is 0 Å². The van der Waals surface area contributed by atoms with Crippen molar-refractivity contribution in [3.63, 3.8) is 0 Å². The van der Waals surface area contributed by atoms with E-state index in [0.29, 0.717) is 5.82 Å². The summed E-state index contributed by atoms with van der Waals surface area (Å²) in [6, 6.07) is 10.3. The Morgan fingerprint density at radius 1 is 0.913 bits per heavy atom. The van der Waals surface area contributed by atoms with Crippen LogP contribution in [0.2, 0.25) is 0 Å². The molecule has 23 heavy (non-hydrogen) atoms. The Morgan fingerprint density at radius 3 is 1.96 bits per heavy atom. The van der Waals surface area contributed by atoms with Crippen molar-refractivity contribution in [2.24, 2.45) is 0 Å². The van der Waals surface area contributed by atoms with Gasteiger partial charge < -0.3 is 4.90 Å². The molecule has 0 fully saturated rings. The Hall–Kier alpha value is -2.07. The number of hydroxylamine groups is 1. The van der Waals surface area contributed by atoms with Gasteiger partial charge in [0, 0.05) is 31.4 Å². The molecule has 0 spiro atoms. The molecule has 124 valence electrons. The molecule has 0 bridgehead atoms. The first-order chi connectivity index (χ1) is 10.6. The monoisotopic (exact) mass is 313 g/mol. The van der Waals surface area contributed by atoms with Crippen LogP contribution in [0.25, 0.3) is 11.3 Å². The van der Waals surface area contributed by atoms with Gasteiger partial charge in [-0.05, 0) is 52.8 Å². The second-order valence-corrected chi connectivity index (χ2v) is 7.32. The molecule has 0 aliphatic heterocycles. The molecule has 1 N–H and O–H groups in total. The number of benzene rings is 1. The highest BCUT2D eigenvalue weighted by Crippen LogP contribution is 2.30. The maximum absolute atomic E-state index is 10.5. The number of aromatic nitrogens is 1. The van der Waals surface area contributed by atoms with E-state index in [4.69, 9.17) is 0 Å². The number of hydrogen-bond donors (Lipinski definition) is 1. The molecule has 0 radical (unpaired) electrons. The second-order valence-electron chi connectivity index (χ2n) is 7.32. The topological polar surface area (TPSA) is 39.6 Å². The van der Waals surface area contributed by atoms with Gasteiger partial charge in [-0.2, -0.15) is 0 Å². The van der Waals surface area contributed by atoms with Crippen LogP contribution < -0.4 is 9.96 Å². The van der Waals surface area contributed by atoms with Gasteiger partial charge in [-0.1, -0.05) is 17.2 Å². The van der Waals surface area contributed by atoms with Crippen LogP contribution >= 0.6 is 0 Å². The lowest BCUT2D eigenvalue weighted by Crippen LogP contribution is -2.39. The lowest BCUT2D eigenvalue weighted by molar-refractivity contribution is 0.178. The molecule has 0 saturated heterocycles. The summed E-state index contributed by atoms with van der Waals surface area (Å²) in [6.07, 6.45) is 0. The first kappa shape index (κ1) is 17.3. The minimum Gasteiger partial charge on any atom is -0.377 e. The molecule has 0 aliphatic rings. The predicted octanol–water partition coefficient (Wildman–Crippen LogP) is 4.43. The van der Waals surface area contributed by atoms with Gasteiger partial charge in [-0.25, -0.2) is 10.0 Å². The van der Waals surface area contributed by atoms with Crippen LogP contribution in [0.15, 0.2) is 30.3 Å². The van der Waals surface area contributed by atoms with E-state index in [0.717, 1.165) is 16.9 Å². The quantitative estimate of drug-likeness (QED) is 0.851. The van der Waals surface area contributed by atoms with Crippen LogP contribution in [-0.2, 0) is 0 Å². The molecule has 2 aromatic rings. The first-order valence-corrected chi connectivity index (χ1v) is 7.85. The van der Waals surface area contributed by atoms with Crippen molar-refractivity contribution in [3.05, 3.63) is 41.5 Å². The zero-order chi connectivity index (χ0) is 17.4. The summed E-state index contributed by atoms with van der Waals surface area (Å²) < 4.78 is 0. The van der Waals surface area contributed by atoms with Crippen LogP contribution in [0.5, 0.6) is 0 Å². The summed E-state index contributed by atoms with van der Waals surface area (Å²) in [5.41, 5.74) is 4.92. The van der Waals surface area contributed by atoms with E-state index in [1.165, 1.54) is 16.2 Å². The van der Waals surface area contributed by atoms with Crippen molar-refractivity contribution >= 4 is 11.5 Å². The summed E-state index contributed by atoms with van der Waals surface area (Å²) in [7, 11) is 3.98. The Bertz CT molecular complexity index is 682. The maximum atomic E-state index is 10.5. The Morgan fingerprint density at radius 2 is 1.48 bits per heavy atom. The molecule has 0 unspecified atom stereocenters. The fraction of sp³-hybridized carbons (Fsp3) is 0.421. The molecule has 2 rings (SSSR count). The average Bonchev–Trinajstić information content (AvgIpc) is 2.43. The number of pyridine rings is 1. The number of aryl methyl sites for hydroxylation is 2. The fourth-order valence-electron chi connectivity index (χ4n) is 2.48. The number of nitrogens with zero attached hydrogens (tertiary/aromatic N) is 3. The van der Waals surface area contributed by atoms with Crippen molar-refractivity contribution in [2.75, 3.05) is 24.1 Å². The van der Waals surface area contributed by atoms with Gasteiger partial charge in [0.1, 0.15) is 0 Å². The normalized spacial score (nSPS) is 11.5. The first-order valence-electron chi connectivity index (χ1n) is 7.85. The van der Waals surface area contributed by atoms with Crippen molar-refractivity contribution < 1.29 is 5.21 Å². The maximum Gasteiger partial charge on any atom is 0.155 e. The summed E-state index contributed by atoms with van der Waals surface area (Å²) in [6.45, 7) is 10.0. The third-order valence-electron chi connectivity index (χ3n) is 3.68. The Labute approximate surface area is 139 Å². The number of anilines is 2. The highest BCUT2D eigenvalue weighted by Gasteiger charge is 2.22. The van der Waals surface area contributed by atoms with Crippen LogP contribution in [0.1, 0.15) is 31.9 Å². The Balaban J connectivity index is 2.61. The molecule has 4 heteroatoms. The molecule has 0 aliphatic carbocycles. The zero-order valence-corrected chi connectivity index (χ0v) is 15.2. The van der Waals surface area contributed by atoms with E-state index in [2.05, 4.69) is 37.0 Å². The minimum atomic E-state index is -0.419. The van der Waals surface area contributed by atoms with Crippen LogP contribution in [0, 0.1) is 13.8 Å². The molecular weight excluding hydrogens is 286 g/mol. The third-order valence-corrected chi connectivity index (χ3v) is 3.68. The van der Waals surface area contributed by atoms with E-state index in [9.17, 15) is 5.21 Å². The Kier molecular flexibility index (Phi) is 4.66. The van der Waals surface area contributed by atoms with Gasteiger partial charge in [0.05, 0.1) is 11.2 Å². The van der Waals surface area contributed by atoms with Gasteiger partial charge >= 0.3 is 0 Å². The van der Waals surface area contributed by atoms with Gasteiger partial charge in [-0.15, -0.1) is 0 Å². The average molecular weight is 313 g/mol. The molecular formula is C19H27N3O. The number of rotatable bonds is 3. The van der Waals surface area contributed by atoms with Crippen molar-refractivity contribution in [1.82, 2.24) is 4.98 Å². The second kappa shape index (κ2) is 6.20. The van der Waals surface area contributed by atoms with E-state index in [-0.39, 0.29) is 0 Å².